The summed E-state index contributed by atoms with van der Waals surface area (Å²) < 4.78 is 0. The van der Waals surface area contributed by atoms with E-state index in [9.17, 15) is 4.79 Å². The number of anilines is 1. The summed E-state index contributed by atoms with van der Waals surface area (Å²) in [6, 6.07) is 13.7. The van der Waals surface area contributed by atoms with Gasteiger partial charge >= 0.3 is 0 Å². The second kappa shape index (κ2) is 6.31. The van der Waals surface area contributed by atoms with Gasteiger partial charge in [-0.2, -0.15) is 0 Å². The summed E-state index contributed by atoms with van der Waals surface area (Å²) in [5.74, 6) is -0.0719. The van der Waals surface area contributed by atoms with Gasteiger partial charge in [0, 0.05) is 12.6 Å². The molecule has 0 aliphatic heterocycles. The summed E-state index contributed by atoms with van der Waals surface area (Å²) >= 11 is 3.13. The lowest BCUT2D eigenvalue weighted by atomic mass is 10.1. The Balaban J connectivity index is 2.20. The Hall–Kier alpha value is -1.68. The Bertz CT molecular complexity index is 528. The van der Waals surface area contributed by atoms with Crippen LogP contribution in [0.15, 0.2) is 48.7 Å². The van der Waals surface area contributed by atoms with Crippen LogP contribution in [0.4, 0.5) is 5.69 Å². The Kier molecular flexibility index (Phi) is 4.47. The summed E-state index contributed by atoms with van der Waals surface area (Å²) in [5.41, 5.74) is 2.81. The lowest BCUT2D eigenvalue weighted by molar-refractivity contribution is -0.113. The third kappa shape index (κ3) is 3.40. The number of rotatable bonds is 4. The Morgan fingerprint density at radius 2 is 1.94 bits per heavy atom. The van der Waals surface area contributed by atoms with Crippen molar-refractivity contribution in [2.24, 2.45) is 0 Å². The molecule has 0 saturated carbocycles. The number of hydrogen-bond acceptors (Lipinski definition) is 2. The van der Waals surface area contributed by atoms with E-state index in [4.69, 9.17) is 0 Å². The number of halogens is 1. The first-order chi connectivity index (χ1) is 8.79. The number of alkyl halides is 1. The molecular formula is C14H13BrN2O. The molecule has 0 spiro atoms. The number of benzene rings is 1. The molecule has 0 radical (unpaired) electrons. The molecule has 2 aromatic rings. The van der Waals surface area contributed by atoms with Crippen molar-refractivity contribution in [1.82, 2.24) is 4.98 Å². The maximum Gasteiger partial charge on any atom is 0.235 e. The predicted octanol–water partition coefficient (Wildman–Crippen LogP) is 3.01. The van der Waals surface area contributed by atoms with Crippen LogP contribution in [0.1, 0.15) is 11.3 Å². The van der Waals surface area contributed by atoms with Gasteiger partial charge in [0.25, 0.3) is 0 Å². The SMILES string of the molecule is O=C(CBr)Nc1cccnc1Cc1ccccc1. The first-order valence-electron chi connectivity index (χ1n) is 5.63. The molecule has 0 bridgehead atoms. The zero-order valence-electron chi connectivity index (χ0n) is 9.77. The smallest absolute Gasteiger partial charge is 0.235 e. The molecule has 1 N–H and O–H groups in total. The number of pyridine rings is 1. The third-order valence-corrected chi connectivity index (χ3v) is 3.01. The van der Waals surface area contributed by atoms with Crippen molar-refractivity contribution in [3.8, 4) is 0 Å². The Morgan fingerprint density at radius 3 is 2.67 bits per heavy atom. The van der Waals surface area contributed by atoms with Crippen molar-refractivity contribution in [3.05, 3.63) is 59.9 Å². The minimum Gasteiger partial charge on any atom is -0.324 e. The van der Waals surface area contributed by atoms with Gasteiger partial charge in [-0.15, -0.1) is 0 Å². The number of aromatic nitrogens is 1. The summed E-state index contributed by atoms with van der Waals surface area (Å²) in [5, 5.41) is 3.12. The molecule has 92 valence electrons. The molecule has 0 saturated heterocycles. The minimum absolute atomic E-state index is 0.0719. The summed E-state index contributed by atoms with van der Waals surface area (Å²) in [6.45, 7) is 0. The highest BCUT2D eigenvalue weighted by Crippen LogP contribution is 2.16. The van der Waals surface area contributed by atoms with Gasteiger partial charge in [-0.05, 0) is 17.7 Å². The molecule has 2 rings (SSSR count). The van der Waals surface area contributed by atoms with Crippen LogP contribution in [0.5, 0.6) is 0 Å². The lowest BCUT2D eigenvalue weighted by Crippen LogP contribution is -2.14. The van der Waals surface area contributed by atoms with Crippen LogP contribution in [0, 0.1) is 0 Å². The monoisotopic (exact) mass is 304 g/mol. The number of nitrogens with zero attached hydrogens (tertiary/aromatic N) is 1. The topological polar surface area (TPSA) is 42.0 Å². The molecule has 1 aromatic heterocycles. The molecule has 3 nitrogen and oxygen atoms in total. The number of nitrogens with one attached hydrogen (secondary N) is 1. The molecule has 1 amide bonds. The van der Waals surface area contributed by atoms with E-state index in [0.717, 1.165) is 11.4 Å². The van der Waals surface area contributed by atoms with E-state index in [2.05, 4.69) is 26.2 Å². The largest absolute Gasteiger partial charge is 0.324 e. The minimum atomic E-state index is -0.0719. The van der Waals surface area contributed by atoms with Crippen molar-refractivity contribution in [3.63, 3.8) is 0 Å². The van der Waals surface area contributed by atoms with Crippen molar-refractivity contribution in [2.75, 3.05) is 10.6 Å². The standard InChI is InChI=1S/C14H13BrN2O/c15-10-14(18)17-12-7-4-8-16-13(12)9-11-5-2-1-3-6-11/h1-8H,9-10H2,(H,17,18). The van der Waals surface area contributed by atoms with Crippen LogP contribution < -0.4 is 5.32 Å². The zero-order chi connectivity index (χ0) is 12.8. The van der Waals surface area contributed by atoms with Crippen LogP contribution in [0.3, 0.4) is 0 Å². The van der Waals surface area contributed by atoms with E-state index < -0.39 is 0 Å². The van der Waals surface area contributed by atoms with Gasteiger partial charge in [-0.25, -0.2) is 0 Å². The van der Waals surface area contributed by atoms with Crippen LogP contribution in [0.2, 0.25) is 0 Å². The number of hydrogen-bond donors (Lipinski definition) is 1. The third-order valence-electron chi connectivity index (χ3n) is 2.50. The number of amides is 1. The van der Waals surface area contributed by atoms with Crippen molar-refractivity contribution in [1.29, 1.82) is 0 Å². The van der Waals surface area contributed by atoms with Gasteiger partial charge in [0.1, 0.15) is 0 Å². The normalized spacial score (nSPS) is 10.1. The fourth-order valence-electron chi connectivity index (χ4n) is 1.67. The van der Waals surface area contributed by atoms with E-state index in [0.29, 0.717) is 6.42 Å². The first kappa shape index (κ1) is 12.8. The van der Waals surface area contributed by atoms with Gasteiger partial charge in [0.2, 0.25) is 5.91 Å². The molecule has 0 aliphatic rings. The van der Waals surface area contributed by atoms with Crippen LogP contribution in [0.25, 0.3) is 0 Å². The molecule has 0 fully saturated rings. The summed E-state index contributed by atoms with van der Waals surface area (Å²) in [4.78, 5) is 15.7. The predicted molar refractivity (Wildman–Crippen MR) is 75.9 cm³/mol. The van der Waals surface area contributed by atoms with E-state index >= 15 is 0 Å². The fourth-order valence-corrected chi connectivity index (χ4v) is 1.81. The molecular weight excluding hydrogens is 292 g/mol. The van der Waals surface area contributed by atoms with E-state index in [1.165, 1.54) is 5.56 Å². The van der Waals surface area contributed by atoms with Gasteiger partial charge in [-0.3, -0.25) is 9.78 Å². The number of carbonyl (C=O) groups excluding carboxylic acids is 1. The number of carbonyl (C=O) groups is 1. The van der Waals surface area contributed by atoms with Crippen molar-refractivity contribution < 1.29 is 4.79 Å². The van der Waals surface area contributed by atoms with Gasteiger partial charge in [0.05, 0.1) is 16.7 Å². The quantitative estimate of drug-likeness (QED) is 0.882. The molecule has 18 heavy (non-hydrogen) atoms. The molecule has 4 heteroatoms. The second-order valence-corrected chi connectivity index (χ2v) is 4.40. The lowest BCUT2D eigenvalue weighted by Gasteiger charge is -2.09. The molecule has 1 heterocycles. The maximum absolute atomic E-state index is 11.4. The second-order valence-electron chi connectivity index (χ2n) is 3.84. The molecule has 0 unspecified atom stereocenters. The van der Waals surface area contributed by atoms with E-state index in [1.807, 2.05) is 42.5 Å². The van der Waals surface area contributed by atoms with Crippen LogP contribution >= 0.6 is 15.9 Å². The van der Waals surface area contributed by atoms with Crippen LogP contribution in [-0.2, 0) is 11.2 Å². The molecule has 1 aromatic carbocycles. The van der Waals surface area contributed by atoms with E-state index in [-0.39, 0.29) is 11.2 Å². The highest BCUT2D eigenvalue weighted by atomic mass is 79.9. The summed E-state index contributed by atoms with van der Waals surface area (Å²) in [6.07, 6.45) is 2.45. The fraction of sp³-hybridized carbons (Fsp3) is 0.143. The summed E-state index contributed by atoms with van der Waals surface area (Å²) in [7, 11) is 0. The molecule has 0 aliphatic carbocycles. The van der Waals surface area contributed by atoms with Gasteiger partial charge in [-0.1, -0.05) is 46.3 Å². The average molecular weight is 305 g/mol. The van der Waals surface area contributed by atoms with Crippen molar-refractivity contribution >= 4 is 27.5 Å². The van der Waals surface area contributed by atoms with Gasteiger partial charge < -0.3 is 5.32 Å². The first-order valence-corrected chi connectivity index (χ1v) is 6.75. The Morgan fingerprint density at radius 1 is 1.17 bits per heavy atom. The van der Waals surface area contributed by atoms with Crippen molar-refractivity contribution in [2.45, 2.75) is 6.42 Å². The Labute approximate surface area is 114 Å². The average Bonchev–Trinajstić information content (AvgIpc) is 2.42. The van der Waals surface area contributed by atoms with Gasteiger partial charge in [0.15, 0.2) is 0 Å². The van der Waals surface area contributed by atoms with E-state index in [1.54, 1.807) is 6.20 Å². The zero-order valence-corrected chi connectivity index (χ0v) is 11.4. The van der Waals surface area contributed by atoms with Crippen LogP contribution in [-0.4, -0.2) is 16.2 Å². The molecule has 0 atom stereocenters. The maximum atomic E-state index is 11.4. The highest BCUT2D eigenvalue weighted by molar-refractivity contribution is 9.09. The highest BCUT2D eigenvalue weighted by Gasteiger charge is 2.07.